The van der Waals surface area contributed by atoms with E-state index in [0.29, 0.717) is 48.1 Å². The smallest absolute Gasteiger partial charge is 0.407 e. The second kappa shape index (κ2) is 12.4. The zero-order chi connectivity index (χ0) is 33.8. The predicted octanol–water partition coefficient (Wildman–Crippen LogP) is 4.91. The van der Waals surface area contributed by atoms with Crippen LogP contribution < -0.4 is 15.1 Å². The first kappa shape index (κ1) is 33.0. The summed E-state index contributed by atoms with van der Waals surface area (Å²) < 4.78 is 45.1. The highest BCUT2D eigenvalue weighted by Gasteiger charge is 2.50. The highest BCUT2D eigenvalue weighted by Crippen LogP contribution is 2.44. The van der Waals surface area contributed by atoms with Gasteiger partial charge in [0.25, 0.3) is 0 Å². The number of hydrogen-bond donors (Lipinski definition) is 1. The van der Waals surface area contributed by atoms with Crippen LogP contribution in [0.2, 0.25) is 0 Å². The van der Waals surface area contributed by atoms with Crippen LogP contribution in [0.1, 0.15) is 78.0 Å². The normalized spacial score (nSPS) is 24.6. The van der Waals surface area contributed by atoms with Gasteiger partial charge < -0.3 is 29.3 Å². The Morgan fingerprint density at radius 3 is 2.60 bits per heavy atom. The summed E-state index contributed by atoms with van der Waals surface area (Å²) in [7, 11) is -3.39. The van der Waals surface area contributed by atoms with Crippen molar-refractivity contribution in [2.75, 3.05) is 48.9 Å². The number of alkyl carbamates (subject to hydrolysis) is 1. The molecular weight excluding hydrogens is 634 g/mol. The number of carbonyl (C=O) groups is 1. The number of carbonyl (C=O) groups excluding carboxylic acids is 1. The quantitative estimate of drug-likeness (QED) is 0.393. The van der Waals surface area contributed by atoms with E-state index in [1.54, 1.807) is 12.1 Å². The van der Waals surface area contributed by atoms with Crippen LogP contribution in [0.4, 0.5) is 22.1 Å². The second-order valence-electron chi connectivity index (χ2n) is 14.8. The molecule has 3 fully saturated rings. The maximum atomic E-state index is 12.7. The van der Waals surface area contributed by atoms with Gasteiger partial charge in [0.05, 0.1) is 29.8 Å². The molecule has 7 rings (SSSR count). The summed E-state index contributed by atoms with van der Waals surface area (Å²) in [6.07, 6.45) is 8.28. The number of nitrogens with one attached hydrogen (secondary N) is 1. The number of piperidine rings is 1. The lowest BCUT2D eigenvalue weighted by Gasteiger charge is -2.42. The number of benzene rings is 1. The number of sulfone groups is 1. The Labute approximate surface area is 282 Å². The number of aromatic nitrogens is 4. The van der Waals surface area contributed by atoms with Crippen LogP contribution >= 0.6 is 0 Å². The van der Waals surface area contributed by atoms with Gasteiger partial charge in [0.1, 0.15) is 11.4 Å². The Kier molecular flexibility index (Phi) is 8.56. The first-order chi connectivity index (χ1) is 22.8. The molecular formula is C34H47N7O6S. The van der Waals surface area contributed by atoms with Gasteiger partial charge in [-0.3, -0.25) is 0 Å². The molecule has 0 radical (unpaired) electrons. The van der Waals surface area contributed by atoms with Crippen molar-refractivity contribution in [3.05, 3.63) is 30.0 Å². The lowest BCUT2D eigenvalue weighted by Crippen LogP contribution is -2.55. The van der Waals surface area contributed by atoms with E-state index in [0.717, 1.165) is 68.7 Å². The molecule has 2 aromatic heterocycles. The average molecular weight is 682 g/mol. The number of nitrogens with zero attached hydrogens (tertiary/aromatic N) is 6. The maximum absolute atomic E-state index is 12.7. The third kappa shape index (κ3) is 6.22. The van der Waals surface area contributed by atoms with Gasteiger partial charge in [-0.25, -0.2) is 27.9 Å². The average Bonchev–Trinajstić information content (AvgIpc) is 3.57. The Morgan fingerprint density at radius 2 is 1.90 bits per heavy atom. The van der Waals surface area contributed by atoms with Gasteiger partial charge in [0.15, 0.2) is 33.0 Å². The monoisotopic (exact) mass is 681 g/mol. The Hall–Kier alpha value is -3.49. The SMILES string of the molecule is C[C@@H]1OCC2(CCN(c3cnc4c(N5CCCc6c5cccc6S(C)(=O)=O)nn(C5CCCCO5)c4n3)CC2)[C@@H]1NC(=O)OC(C)(C)C. The van der Waals surface area contributed by atoms with E-state index in [4.69, 9.17) is 29.3 Å². The van der Waals surface area contributed by atoms with Crippen molar-refractivity contribution in [3.8, 4) is 0 Å². The Bertz CT molecular complexity index is 1790. The molecule has 3 atom stereocenters. The minimum atomic E-state index is -3.39. The van der Waals surface area contributed by atoms with Crippen molar-refractivity contribution >= 4 is 44.4 Å². The molecule has 0 aliphatic carbocycles. The highest BCUT2D eigenvalue weighted by molar-refractivity contribution is 7.90. The molecule has 0 saturated carbocycles. The van der Waals surface area contributed by atoms with Crippen LogP contribution in [0.3, 0.4) is 0 Å². The maximum Gasteiger partial charge on any atom is 0.407 e. The van der Waals surface area contributed by atoms with E-state index in [-0.39, 0.29) is 23.8 Å². The number of ether oxygens (including phenoxy) is 3. The molecule has 1 aromatic carbocycles. The summed E-state index contributed by atoms with van der Waals surface area (Å²) in [6.45, 7) is 11.0. The molecule has 260 valence electrons. The first-order valence-corrected chi connectivity index (χ1v) is 19.0. The topological polar surface area (TPSA) is 141 Å². The molecule has 1 spiro atoms. The standard InChI is InChI=1S/C34H47N7O6S/c1-22-29(37-32(42)47-33(2,3)4)34(21-46-22)14-17-39(18-15-34)26-20-35-28-30(36-26)41(27-13-6-7-19-45-27)38-31(28)40-16-9-10-23-24(40)11-8-12-25(23)48(5,43)44/h8,11-12,20,22,27,29H,6-7,9-10,13-19,21H2,1-5H3,(H,37,42)/t22-,27?,29+/m0/s1. The van der Waals surface area contributed by atoms with E-state index in [2.05, 4.69) is 15.1 Å². The fourth-order valence-corrected chi connectivity index (χ4v) is 8.80. The molecule has 4 aliphatic rings. The van der Waals surface area contributed by atoms with E-state index < -0.39 is 21.5 Å². The third-order valence-corrected chi connectivity index (χ3v) is 11.4. The molecule has 4 aliphatic heterocycles. The van der Waals surface area contributed by atoms with Gasteiger partial charge in [-0.05, 0) is 90.3 Å². The summed E-state index contributed by atoms with van der Waals surface area (Å²) in [5, 5.41) is 8.22. The lowest BCUT2D eigenvalue weighted by atomic mass is 9.73. The van der Waals surface area contributed by atoms with Gasteiger partial charge >= 0.3 is 6.09 Å². The Morgan fingerprint density at radius 1 is 1.10 bits per heavy atom. The van der Waals surface area contributed by atoms with E-state index in [9.17, 15) is 13.2 Å². The number of amides is 1. The first-order valence-electron chi connectivity index (χ1n) is 17.2. The summed E-state index contributed by atoms with van der Waals surface area (Å²) in [5.74, 6) is 1.43. The van der Waals surface area contributed by atoms with E-state index in [1.165, 1.54) is 6.26 Å². The van der Waals surface area contributed by atoms with E-state index in [1.807, 2.05) is 44.6 Å². The number of anilines is 3. The number of hydrogen-bond acceptors (Lipinski definition) is 11. The third-order valence-electron chi connectivity index (χ3n) is 10.2. The van der Waals surface area contributed by atoms with Crippen LogP contribution in [0.15, 0.2) is 29.3 Å². The zero-order valence-corrected chi connectivity index (χ0v) is 29.4. The lowest BCUT2D eigenvalue weighted by molar-refractivity contribution is -0.0368. The van der Waals surface area contributed by atoms with Gasteiger partial charge in [0, 0.05) is 43.6 Å². The summed E-state index contributed by atoms with van der Waals surface area (Å²) in [4.78, 5) is 27.6. The summed E-state index contributed by atoms with van der Waals surface area (Å²) >= 11 is 0. The van der Waals surface area contributed by atoms with Crippen molar-refractivity contribution in [2.24, 2.45) is 5.41 Å². The number of rotatable bonds is 5. The molecule has 48 heavy (non-hydrogen) atoms. The summed E-state index contributed by atoms with van der Waals surface area (Å²) in [5.41, 5.74) is 2.21. The van der Waals surface area contributed by atoms with Crippen LogP contribution in [-0.2, 0) is 30.5 Å². The van der Waals surface area contributed by atoms with Gasteiger partial charge in [-0.15, -0.1) is 5.10 Å². The van der Waals surface area contributed by atoms with Crippen molar-refractivity contribution in [1.82, 2.24) is 25.1 Å². The largest absolute Gasteiger partial charge is 0.444 e. The minimum absolute atomic E-state index is 0.114. The molecule has 1 amide bonds. The molecule has 3 saturated heterocycles. The van der Waals surface area contributed by atoms with Gasteiger partial charge in [-0.1, -0.05) is 6.07 Å². The highest BCUT2D eigenvalue weighted by atomic mass is 32.2. The second-order valence-corrected chi connectivity index (χ2v) is 16.7. The Balaban J connectivity index is 1.19. The fraction of sp³-hybridized carbons (Fsp3) is 0.647. The van der Waals surface area contributed by atoms with Crippen molar-refractivity contribution in [1.29, 1.82) is 0 Å². The van der Waals surface area contributed by atoms with Gasteiger partial charge in [-0.2, -0.15) is 0 Å². The molecule has 0 bridgehead atoms. The van der Waals surface area contributed by atoms with Crippen molar-refractivity contribution in [2.45, 2.75) is 102 Å². The zero-order valence-electron chi connectivity index (χ0n) is 28.6. The van der Waals surface area contributed by atoms with Crippen molar-refractivity contribution < 1.29 is 27.4 Å². The molecule has 14 heteroatoms. The van der Waals surface area contributed by atoms with Crippen LogP contribution in [0.5, 0.6) is 0 Å². The molecule has 1 N–H and O–H groups in total. The molecule has 1 unspecified atom stereocenters. The molecule has 3 aromatic rings. The minimum Gasteiger partial charge on any atom is -0.444 e. The van der Waals surface area contributed by atoms with Gasteiger partial charge in [0.2, 0.25) is 0 Å². The van der Waals surface area contributed by atoms with E-state index >= 15 is 0 Å². The molecule has 13 nitrogen and oxygen atoms in total. The summed E-state index contributed by atoms with van der Waals surface area (Å²) in [6, 6.07) is 5.31. The molecule has 6 heterocycles. The fourth-order valence-electron chi connectivity index (χ4n) is 7.82. The van der Waals surface area contributed by atoms with Crippen LogP contribution in [-0.4, -0.2) is 91.1 Å². The number of fused-ring (bicyclic) bond motifs is 2. The van der Waals surface area contributed by atoms with Crippen LogP contribution in [0.25, 0.3) is 11.2 Å². The van der Waals surface area contributed by atoms with Crippen molar-refractivity contribution in [3.63, 3.8) is 0 Å². The predicted molar refractivity (Wildman–Crippen MR) is 181 cm³/mol. The van der Waals surface area contributed by atoms with Crippen LogP contribution in [0, 0.1) is 5.41 Å².